The number of phenolic OH excluding ortho intramolecular Hbond substituents is 1. The maximum Gasteiger partial charge on any atom is 0.300 e. The molecule has 3 aromatic carbocycles. The van der Waals surface area contributed by atoms with E-state index in [0.717, 1.165) is 17.0 Å². The van der Waals surface area contributed by atoms with Gasteiger partial charge in [0.2, 0.25) is 0 Å². The minimum atomic E-state index is -1.42. The van der Waals surface area contributed by atoms with Crippen molar-refractivity contribution in [3.63, 3.8) is 0 Å². The number of methoxy groups -OCH3 is 2. The molecule has 0 spiro atoms. The second-order valence-electron chi connectivity index (χ2n) is 7.65. The summed E-state index contributed by atoms with van der Waals surface area (Å²) in [7, 11) is 2.57. The van der Waals surface area contributed by atoms with Crippen molar-refractivity contribution >= 4 is 46.3 Å². The number of amides is 1. The number of benzene rings is 3. The number of carbonyl (C=O) groups excluding carboxylic acids is 2. The van der Waals surface area contributed by atoms with Crippen molar-refractivity contribution in [2.45, 2.75) is 6.04 Å². The summed E-state index contributed by atoms with van der Waals surface area (Å²) in [6, 6.07) is 7.77. The molecule has 36 heavy (non-hydrogen) atoms. The molecule has 1 fully saturated rings. The summed E-state index contributed by atoms with van der Waals surface area (Å²) in [5.41, 5.74) is -0.867. The zero-order valence-corrected chi connectivity index (χ0v) is 20.2. The molecule has 0 bridgehead atoms. The Balaban J connectivity index is 2.04. The van der Waals surface area contributed by atoms with E-state index in [1.54, 1.807) is 0 Å². The molecular formula is C25H17Cl2F2NO6. The number of rotatable bonds is 5. The Morgan fingerprint density at radius 3 is 2.31 bits per heavy atom. The van der Waals surface area contributed by atoms with Gasteiger partial charge in [-0.3, -0.25) is 14.5 Å². The van der Waals surface area contributed by atoms with E-state index in [1.165, 1.54) is 44.6 Å². The molecule has 1 saturated heterocycles. The highest BCUT2D eigenvalue weighted by Gasteiger charge is 2.48. The number of halogens is 4. The molecule has 2 N–H and O–H groups in total. The number of aliphatic hydroxyl groups is 1. The van der Waals surface area contributed by atoms with Gasteiger partial charge in [-0.2, -0.15) is 0 Å². The van der Waals surface area contributed by atoms with Gasteiger partial charge in [0, 0.05) is 6.07 Å². The van der Waals surface area contributed by atoms with Crippen LogP contribution in [0.25, 0.3) is 5.76 Å². The van der Waals surface area contributed by atoms with Crippen LogP contribution in [0.15, 0.2) is 54.1 Å². The largest absolute Gasteiger partial charge is 0.508 e. The summed E-state index contributed by atoms with van der Waals surface area (Å²) in [5, 5.41) is 21.2. The zero-order valence-electron chi connectivity index (χ0n) is 18.7. The molecule has 1 aliphatic heterocycles. The van der Waals surface area contributed by atoms with Gasteiger partial charge in [0.05, 0.1) is 42.1 Å². The normalized spacial score (nSPS) is 16.9. The van der Waals surface area contributed by atoms with E-state index in [4.69, 9.17) is 32.7 Å². The summed E-state index contributed by atoms with van der Waals surface area (Å²) < 4.78 is 38.8. The number of ketones is 1. The first kappa shape index (κ1) is 25.3. The summed E-state index contributed by atoms with van der Waals surface area (Å²) in [4.78, 5) is 27.2. The van der Waals surface area contributed by atoms with Crippen LogP contribution in [0.3, 0.4) is 0 Å². The lowest BCUT2D eigenvalue weighted by molar-refractivity contribution is -0.132. The van der Waals surface area contributed by atoms with Gasteiger partial charge in [0.1, 0.15) is 28.2 Å². The summed E-state index contributed by atoms with van der Waals surface area (Å²) >= 11 is 12.6. The van der Waals surface area contributed by atoms with Gasteiger partial charge in [0.15, 0.2) is 11.5 Å². The molecule has 1 unspecified atom stereocenters. The topological polar surface area (TPSA) is 96.3 Å². The monoisotopic (exact) mass is 535 g/mol. The van der Waals surface area contributed by atoms with E-state index in [-0.39, 0.29) is 38.4 Å². The first-order valence-electron chi connectivity index (χ1n) is 10.3. The molecule has 0 radical (unpaired) electrons. The molecule has 0 saturated carbocycles. The SMILES string of the molecule is COc1c(Cl)cc(/C(O)=C2\C(=O)C(=O)N(c3ccc(F)cc3F)C2c2cccc(O)c2)c(OC)c1Cl. The van der Waals surface area contributed by atoms with E-state index in [2.05, 4.69) is 0 Å². The van der Waals surface area contributed by atoms with Crippen molar-refractivity contribution < 1.29 is 38.1 Å². The average molecular weight is 536 g/mol. The molecule has 11 heteroatoms. The van der Waals surface area contributed by atoms with E-state index in [9.17, 15) is 28.6 Å². The molecule has 7 nitrogen and oxygen atoms in total. The smallest absolute Gasteiger partial charge is 0.300 e. The molecule has 186 valence electrons. The lowest BCUT2D eigenvalue weighted by Crippen LogP contribution is -2.30. The fourth-order valence-electron chi connectivity index (χ4n) is 4.06. The highest BCUT2D eigenvalue weighted by atomic mass is 35.5. The van der Waals surface area contributed by atoms with Crippen molar-refractivity contribution in [1.29, 1.82) is 0 Å². The van der Waals surface area contributed by atoms with Crippen LogP contribution in [0.2, 0.25) is 10.0 Å². The van der Waals surface area contributed by atoms with Gasteiger partial charge in [-0.15, -0.1) is 0 Å². The number of phenols is 1. The number of hydrogen-bond donors (Lipinski definition) is 2. The summed E-state index contributed by atoms with van der Waals surface area (Å²) in [5.74, 6) is -5.38. The van der Waals surface area contributed by atoms with E-state index < -0.39 is 46.4 Å². The number of anilines is 1. The molecule has 1 atom stereocenters. The second kappa shape index (κ2) is 9.67. The van der Waals surface area contributed by atoms with Crippen molar-refractivity contribution in [3.05, 3.63) is 86.9 Å². The van der Waals surface area contributed by atoms with Crippen LogP contribution >= 0.6 is 23.2 Å². The van der Waals surface area contributed by atoms with E-state index in [1.807, 2.05) is 0 Å². The van der Waals surface area contributed by atoms with Gasteiger partial charge in [-0.25, -0.2) is 8.78 Å². The number of carbonyl (C=O) groups is 2. The van der Waals surface area contributed by atoms with E-state index in [0.29, 0.717) is 6.07 Å². The first-order valence-corrected chi connectivity index (χ1v) is 11.0. The van der Waals surface area contributed by atoms with Crippen molar-refractivity contribution in [3.8, 4) is 17.2 Å². The van der Waals surface area contributed by atoms with Crippen molar-refractivity contribution in [2.75, 3.05) is 19.1 Å². The Morgan fingerprint density at radius 1 is 1.00 bits per heavy atom. The second-order valence-corrected chi connectivity index (χ2v) is 8.43. The Labute approximate surface area is 213 Å². The van der Waals surface area contributed by atoms with Crippen LogP contribution in [0.1, 0.15) is 17.2 Å². The zero-order chi connectivity index (χ0) is 26.3. The maximum atomic E-state index is 14.8. The quantitative estimate of drug-likeness (QED) is 0.250. The number of nitrogens with zero attached hydrogens (tertiary/aromatic N) is 1. The molecule has 0 aliphatic carbocycles. The van der Waals surface area contributed by atoms with Crippen LogP contribution in [-0.2, 0) is 9.59 Å². The van der Waals surface area contributed by atoms with Crippen LogP contribution in [0, 0.1) is 11.6 Å². The molecule has 4 rings (SSSR count). The van der Waals surface area contributed by atoms with Crippen LogP contribution < -0.4 is 14.4 Å². The van der Waals surface area contributed by atoms with Crippen LogP contribution in [0.4, 0.5) is 14.5 Å². The number of Topliss-reactive ketones (excluding diaryl/α,β-unsaturated/α-hetero) is 1. The highest BCUT2D eigenvalue weighted by molar-refractivity contribution is 6.52. The Hall–Kier alpha value is -3.82. The first-order chi connectivity index (χ1) is 17.1. The van der Waals surface area contributed by atoms with Crippen molar-refractivity contribution in [1.82, 2.24) is 0 Å². The third-order valence-corrected chi connectivity index (χ3v) is 6.22. The lowest BCUT2D eigenvalue weighted by Gasteiger charge is -2.26. The minimum Gasteiger partial charge on any atom is -0.508 e. The average Bonchev–Trinajstić information content (AvgIpc) is 3.09. The van der Waals surface area contributed by atoms with Gasteiger partial charge in [0.25, 0.3) is 11.7 Å². The standard InChI is InChI=1S/C25H17Cl2F2NO6/c1-35-23-14(10-15(26)24(36-2)19(23)27)21(32)18-20(11-4-3-5-13(31)8-11)30(25(34)22(18)33)17-7-6-12(28)9-16(17)29/h3-10,20,31-32H,1-2H3/b21-18+. The third kappa shape index (κ3) is 4.10. The third-order valence-electron chi connectivity index (χ3n) is 5.59. The maximum absolute atomic E-state index is 14.8. The predicted octanol–water partition coefficient (Wildman–Crippen LogP) is 5.62. The van der Waals surface area contributed by atoms with Crippen LogP contribution in [-0.4, -0.2) is 36.1 Å². The van der Waals surface area contributed by atoms with Gasteiger partial charge in [-0.1, -0.05) is 35.3 Å². The summed E-state index contributed by atoms with van der Waals surface area (Å²) in [6.45, 7) is 0. The van der Waals surface area contributed by atoms with Gasteiger partial charge < -0.3 is 19.7 Å². The molecular weight excluding hydrogens is 519 g/mol. The molecule has 1 heterocycles. The Morgan fingerprint density at radius 2 is 1.69 bits per heavy atom. The fourth-order valence-corrected chi connectivity index (χ4v) is 4.75. The van der Waals surface area contributed by atoms with Crippen molar-refractivity contribution in [2.24, 2.45) is 0 Å². The molecule has 1 aliphatic rings. The van der Waals surface area contributed by atoms with E-state index >= 15 is 0 Å². The minimum absolute atomic E-state index is 0.0300. The number of aromatic hydroxyl groups is 1. The molecule has 0 aromatic heterocycles. The van der Waals surface area contributed by atoms with Gasteiger partial charge in [-0.05, 0) is 35.9 Å². The predicted molar refractivity (Wildman–Crippen MR) is 129 cm³/mol. The molecule has 3 aromatic rings. The lowest BCUT2D eigenvalue weighted by atomic mass is 9.94. The summed E-state index contributed by atoms with van der Waals surface area (Å²) in [6.07, 6.45) is 0. The molecule has 1 amide bonds. The van der Waals surface area contributed by atoms with Gasteiger partial charge >= 0.3 is 0 Å². The fraction of sp³-hybridized carbons (Fsp3) is 0.120. The number of hydrogen-bond acceptors (Lipinski definition) is 6. The number of ether oxygens (including phenoxy) is 2. The Bertz CT molecular complexity index is 1440. The van der Waals surface area contributed by atoms with Crippen LogP contribution in [0.5, 0.6) is 17.2 Å². The highest BCUT2D eigenvalue weighted by Crippen LogP contribution is 2.48. The Kier molecular flexibility index (Phi) is 6.79. The number of aliphatic hydroxyl groups excluding tert-OH is 1.